The van der Waals surface area contributed by atoms with Gasteiger partial charge in [-0.3, -0.25) is 14.6 Å². The van der Waals surface area contributed by atoms with Gasteiger partial charge < -0.3 is 5.11 Å². The lowest BCUT2D eigenvalue weighted by Gasteiger charge is -2.40. The maximum absolute atomic E-state index is 11.4. The number of hydrogen-bond donors (Lipinski definition) is 1. The minimum absolute atomic E-state index is 0.323. The molecule has 0 aliphatic carbocycles. The normalized spacial score (nSPS) is 22.9. The van der Waals surface area contributed by atoms with Crippen molar-refractivity contribution in [2.45, 2.75) is 40.2 Å². The maximum atomic E-state index is 11.4. The highest BCUT2D eigenvalue weighted by Crippen LogP contribution is 2.14. The summed E-state index contributed by atoms with van der Waals surface area (Å²) in [5.74, 6) is 0.557. The third kappa shape index (κ3) is 4.94. The minimum Gasteiger partial charge on any atom is -0.480 e. The molecule has 4 heteroatoms. The Hall–Kier alpha value is -0.610. The van der Waals surface area contributed by atoms with Crippen molar-refractivity contribution in [1.29, 1.82) is 0 Å². The summed E-state index contributed by atoms with van der Waals surface area (Å²) in [6.45, 7) is 13.2. The summed E-state index contributed by atoms with van der Waals surface area (Å²) in [6, 6.07) is -0.323. The molecule has 4 nitrogen and oxygen atoms in total. The van der Waals surface area contributed by atoms with Crippen LogP contribution in [0.3, 0.4) is 0 Å². The molecule has 1 unspecified atom stereocenters. The van der Waals surface area contributed by atoms with Crippen molar-refractivity contribution in [3.8, 4) is 0 Å². The van der Waals surface area contributed by atoms with Gasteiger partial charge in [0, 0.05) is 26.2 Å². The second-order valence-electron chi connectivity index (χ2n) is 6.23. The Labute approximate surface area is 111 Å². The van der Waals surface area contributed by atoms with Crippen LogP contribution in [0.2, 0.25) is 0 Å². The van der Waals surface area contributed by atoms with Crippen molar-refractivity contribution in [3.05, 3.63) is 0 Å². The average molecular weight is 256 g/mol. The lowest BCUT2D eigenvalue weighted by molar-refractivity contribution is -0.146. The summed E-state index contributed by atoms with van der Waals surface area (Å²) < 4.78 is 0. The Kier molecular flexibility index (Phi) is 6.09. The van der Waals surface area contributed by atoms with Crippen LogP contribution < -0.4 is 0 Å². The topological polar surface area (TPSA) is 43.8 Å². The van der Waals surface area contributed by atoms with Gasteiger partial charge in [-0.2, -0.15) is 0 Å². The third-order valence-corrected chi connectivity index (χ3v) is 3.48. The Bertz CT molecular complexity index is 267. The van der Waals surface area contributed by atoms with E-state index in [9.17, 15) is 9.90 Å². The van der Waals surface area contributed by atoms with Crippen molar-refractivity contribution in [1.82, 2.24) is 9.80 Å². The van der Waals surface area contributed by atoms with Gasteiger partial charge in [-0.15, -0.1) is 0 Å². The monoisotopic (exact) mass is 256 g/mol. The third-order valence-electron chi connectivity index (χ3n) is 3.48. The van der Waals surface area contributed by atoms with Crippen LogP contribution in [0, 0.1) is 11.8 Å². The Morgan fingerprint density at radius 1 is 1.22 bits per heavy atom. The van der Waals surface area contributed by atoms with Crippen LogP contribution in [0.5, 0.6) is 0 Å². The summed E-state index contributed by atoms with van der Waals surface area (Å²) in [4.78, 5) is 15.8. The number of carboxylic acids is 1. The zero-order valence-corrected chi connectivity index (χ0v) is 12.2. The number of rotatable bonds is 6. The first-order valence-electron chi connectivity index (χ1n) is 7.09. The van der Waals surface area contributed by atoms with Crippen molar-refractivity contribution in [2.24, 2.45) is 11.8 Å². The zero-order chi connectivity index (χ0) is 13.7. The van der Waals surface area contributed by atoms with E-state index in [1.807, 2.05) is 0 Å². The van der Waals surface area contributed by atoms with E-state index < -0.39 is 5.97 Å². The molecule has 1 rings (SSSR count). The molecule has 0 amide bonds. The molecule has 1 fully saturated rings. The summed E-state index contributed by atoms with van der Waals surface area (Å²) in [7, 11) is 0. The number of carbonyl (C=O) groups is 1. The van der Waals surface area contributed by atoms with Gasteiger partial charge in [0.2, 0.25) is 0 Å². The van der Waals surface area contributed by atoms with Crippen LogP contribution in [0.4, 0.5) is 0 Å². The molecular weight excluding hydrogens is 228 g/mol. The van der Waals surface area contributed by atoms with E-state index in [2.05, 4.69) is 37.5 Å². The van der Waals surface area contributed by atoms with Crippen LogP contribution in [-0.4, -0.2) is 59.6 Å². The van der Waals surface area contributed by atoms with Crippen molar-refractivity contribution >= 4 is 5.97 Å². The molecule has 1 aliphatic heterocycles. The van der Waals surface area contributed by atoms with Gasteiger partial charge in [-0.05, 0) is 24.8 Å². The molecule has 1 N–H and O–H groups in total. The molecule has 0 saturated carbocycles. The summed E-state index contributed by atoms with van der Waals surface area (Å²) in [5, 5.41) is 9.36. The molecule has 18 heavy (non-hydrogen) atoms. The molecule has 1 aliphatic rings. The highest BCUT2D eigenvalue weighted by atomic mass is 16.4. The maximum Gasteiger partial charge on any atom is 0.322 e. The number of nitrogens with zero attached hydrogens (tertiary/aromatic N) is 2. The number of hydrogen-bond acceptors (Lipinski definition) is 3. The summed E-state index contributed by atoms with van der Waals surface area (Å²) in [5.41, 5.74) is 0. The number of piperazine rings is 1. The smallest absolute Gasteiger partial charge is 0.322 e. The SMILES string of the molecule is CC(C)CCN1CCN(CC(C)C)CC1C(=O)O. The summed E-state index contributed by atoms with van der Waals surface area (Å²) >= 11 is 0. The van der Waals surface area contributed by atoms with Gasteiger partial charge in [-0.25, -0.2) is 0 Å². The molecule has 1 atom stereocenters. The van der Waals surface area contributed by atoms with Gasteiger partial charge >= 0.3 is 5.97 Å². The molecule has 1 saturated heterocycles. The molecule has 1 heterocycles. The van der Waals surface area contributed by atoms with E-state index in [4.69, 9.17) is 0 Å². The largest absolute Gasteiger partial charge is 0.480 e. The Morgan fingerprint density at radius 3 is 2.39 bits per heavy atom. The highest BCUT2D eigenvalue weighted by Gasteiger charge is 2.31. The number of aliphatic carboxylic acids is 1. The van der Waals surface area contributed by atoms with Crippen LogP contribution in [0.1, 0.15) is 34.1 Å². The van der Waals surface area contributed by atoms with E-state index >= 15 is 0 Å². The lowest BCUT2D eigenvalue weighted by Crippen LogP contribution is -2.57. The molecule has 0 aromatic heterocycles. The molecule has 0 bridgehead atoms. The first-order chi connectivity index (χ1) is 8.40. The van der Waals surface area contributed by atoms with E-state index in [0.717, 1.165) is 32.6 Å². The Balaban J connectivity index is 2.52. The van der Waals surface area contributed by atoms with Gasteiger partial charge in [0.05, 0.1) is 0 Å². The molecule has 106 valence electrons. The molecule has 0 aromatic rings. The van der Waals surface area contributed by atoms with Crippen molar-refractivity contribution < 1.29 is 9.90 Å². The molecular formula is C14H28N2O2. The van der Waals surface area contributed by atoms with Crippen molar-refractivity contribution in [2.75, 3.05) is 32.7 Å². The highest BCUT2D eigenvalue weighted by molar-refractivity contribution is 5.74. The van der Waals surface area contributed by atoms with Crippen LogP contribution in [-0.2, 0) is 4.79 Å². The fourth-order valence-electron chi connectivity index (χ4n) is 2.49. The second-order valence-corrected chi connectivity index (χ2v) is 6.23. The van der Waals surface area contributed by atoms with Crippen LogP contribution in [0.15, 0.2) is 0 Å². The summed E-state index contributed by atoms with van der Waals surface area (Å²) in [6.07, 6.45) is 1.08. The zero-order valence-electron chi connectivity index (χ0n) is 12.2. The van der Waals surface area contributed by atoms with Crippen LogP contribution in [0.25, 0.3) is 0 Å². The van der Waals surface area contributed by atoms with Gasteiger partial charge in [0.1, 0.15) is 6.04 Å². The average Bonchev–Trinajstić information content (AvgIpc) is 2.26. The van der Waals surface area contributed by atoms with E-state index in [0.29, 0.717) is 18.4 Å². The number of carboxylic acid groups (broad SMARTS) is 1. The molecule has 0 radical (unpaired) electrons. The first-order valence-corrected chi connectivity index (χ1v) is 7.09. The molecule has 0 aromatic carbocycles. The van der Waals surface area contributed by atoms with Gasteiger partial charge in [-0.1, -0.05) is 27.7 Å². The standard InChI is InChI=1S/C14H28N2O2/c1-11(2)5-6-16-8-7-15(9-12(3)4)10-13(16)14(17)18/h11-13H,5-10H2,1-4H3,(H,17,18). The second kappa shape index (κ2) is 7.10. The van der Waals surface area contributed by atoms with Crippen LogP contribution >= 0.6 is 0 Å². The predicted molar refractivity (Wildman–Crippen MR) is 73.7 cm³/mol. The predicted octanol–water partition coefficient (Wildman–Crippen LogP) is 1.76. The minimum atomic E-state index is -0.674. The van der Waals surface area contributed by atoms with Gasteiger partial charge in [0.25, 0.3) is 0 Å². The van der Waals surface area contributed by atoms with E-state index in [1.54, 1.807) is 0 Å². The molecule has 0 spiro atoms. The lowest BCUT2D eigenvalue weighted by atomic mass is 10.1. The van der Waals surface area contributed by atoms with E-state index in [-0.39, 0.29) is 6.04 Å². The van der Waals surface area contributed by atoms with Crippen molar-refractivity contribution in [3.63, 3.8) is 0 Å². The fourth-order valence-corrected chi connectivity index (χ4v) is 2.49. The first kappa shape index (κ1) is 15.4. The quantitative estimate of drug-likeness (QED) is 0.786. The van der Waals surface area contributed by atoms with E-state index in [1.165, 1.54) is 0 Å². The van der Waals surface area contributed by atoms with Gasteiger partial charge in [0.15, 0.2) is 0 Å². The Morgan fingerprint density at radius 2 is 1.89 bits per heavy atom. The fraction of sp³-hybridized carbons (Fsp3) is 0.929.